The van der Waals surface area contributed by atoms with Crippen LogP contribution in [0.15, 0.2) is 41.3 Å². The number of carbonyl (C=O) groups excluding carboxylic acids is 1. The highest BCUT2D eigenvalue weighted by atomic mass is 35.5. The Kier molecular flexibility index (Phi) is 6.22. The molecule has 1 aliphatic rings. The molecule has 1 aliphatic carbocycles. The molecule has 2 aromatic rings. The van der Waals surface area contributed by atoms with Crippen molar-refractivity contribution in [3.63, 3.8) is 0 Å². The predicted octanol–water partition coefficient (Wildman–Crippen LogP) is 3.96. The minimum Gasteiger partial charge on any atom is -0.495 e. The lowest BCUT2D eigenvalue weighted by atomic mass is 10.2. The number of hydrogen-bond donors (Lipinski definition) is 2. The van der Waals surface area contributed by atoms with Crippen LogP contribution in [0.3, 0.4) is 0 Å². The third kappa shape index (κ3) is 4.45. The van der Waals surface area contributed by atoms with Crippen molar-refractivity contribution in [3.05, 3.63) is 52.8 Å². The van der Waals surface area contributed by atoms with Gasteiger partial charge in [-0.25, -0.2) is 17.5 Å². The highest BCUT2D eigenvalue weighted by molar-refractivity contribution is 7.89. The quantitative estimate of drug-likeness (QED) is 0.732. The molecule has 1 saturated carbocycles. The maximum Gasteiger partial charge on any atom is 0.255 e. The first-order chi connectivity index (χ1) is 13.3. The van der Waals surface area contributed by atoms with Gasteiger partial charge in [-0.05, 0) is 43.2 Å². The van der Waals surface area contributed by atoms with Crippen molar-refractivity contribution in [3.8, 4) is 5.75 Å². The first-order valence-corrected chi connectivity index (χ1v) is 10.6. The molecule has 0 aromatic heterocycles. The Balaban J connectivity index is 1.89. The SMILES string of the molecule is COc1ccc(C(=O)Nc2cccc(Cl)c2F)cc1S(=O)(=O)NC1CCCC1. The number of hydrogen-bond acceptors (Lipinski definition) is 4. The van der Waals surface area contributed by atoms with Gasteiger partial charge in [-0.3, -0.25) is 4.79 Å². The van der Waals surface area contributed by atoms with Crippen molar-refractivity contribution in [2.75, 3.05) is 12.4 Å². The molecule has 150 valence electrons. The van der Waals surface area contributed by atoms with Gasteiger partial charge >= 0.3 is 0 Å². The summed E-state index contributed by atoms with van der Waals surface area (Å²) in [5, 5.41) is 2.27. The van der Waals surface area contributed by atoms with Gasteiger partial charge in [0.2, 0.25) is 10.0 Å². The van der Waals surface area contributed by atoms with Gasteiger partial charge in [0, 0.05) is 11.6 Å². The number of anilines is 1. The van der Waals surface area contributed by atoms with E-state index in [1.807, 2.05) is 0 Å². The van der Waals surface area contributed by atoms with Crippen molar-refractivity contribution in [1.82, 2.24) is 4.72 Å². The molecule has 0 radical (unpaired) electrons. The summed E-state index contributed by atoms with van der Waals surface area (Å²) < 4.78 is 47.4. The molecule has 2 aromatic carbocycles. The largest absolute Gasteiger partial charge is 0.495 e. The van der Waals surface area contributed by atoms with Crippen molar-refractivity contribution in [1.29, 1.82) is 0 Å². The second-order valence-corrected chi connectivity index (χ2v) is 8.61. The molecule has 1 fully saturated rings. The van der Waals surface area contributed by atoms with Crippen LogP contribution in [0.4, 0.5) is 10.1 Å². The van der Waals surface area contributed by atoms with Crippen molar-refractivity contribution in [2.24, 2.45) is 0 Å². The van der Waals surface area contributed by atoms with Gasteiger partial charge in [0.15, 0.2) is 5.82 Å². The predicted molar refractivity (Wildman–Crippen MR) is 105 cm³/mol. The van der Waals surface area contributed by atoms with Crippen molar-refractivity contribution >= 4 is 33.2 Å². The van der Waals surface area contributed by atoms with E-state index in [0.717, 1.165) is 25.7 Å². The van der Waals surface area contributed by atoms with Gasteiger partial charge in [-0.15, -0.1) is 0 Å². The fourth-order valence-corrected chi connectivity index (χ4v) is 4.82. The third-order valence-corrected chi connectivity index (χ3v) is 6.43. The number of amides is 1. The Labute approximate surface area is 168 Å². The molecule has 6 nitrogen and oxygen atoms in total. The smallest absolute Gasteiger partial charge is 0.255 e. The molecule has 0 aliphatic heterocycles. The van der Waals surface area contributed by atoms with Crippen LogP contribution in [0.1, 0.15) is 36.0 Å². The molecule has 1 amide bonds. The zero-order valence-electron chi connectivity index (χ0n) is 15.2. The van der Waals surface area contributed by atoms with Gasteiger partial charge in [0.25, 0.3) is 5.91 Å². The number of nitrogens with one attached hydrogen (secondary N) is 2. The minimum absolute atomic E-state index is 0.0481. The average molecular weight is 427 g/mol. The number of ether oxygens (including phenoxy) is 1. The molecule has 0 heterocycles. The van der Waals surface area contributed by atoms with Crippen LogP contribution in [0.25, 0.3) is 0 Å². The van der Waals surface area contributed by atoms with E-state index < -0.39 is 21.7 Å². The summed E-state index contributed by atoms with van der Waals surface area (Å²) in [4.78, 5) is 12.4. The molecule has 9 heteroatoms. The Morgan fingerprint density at radius 3 is 2.61 bits per heavy atom. The normalized spacial score (nSPS) is 14.8. The van der Waals surface area contributed by atoms with Crippen molar-refractivity contribution < 1.29 is 22.3 Å². The molecule has 0 unspecified atom stereocenters. The number of carbonyl (C=O) groups is 1. The summed E-state index contributed by atoms with van der Waals surface area (Å²) in [7, 11) is -2.53. The number of halogens is 2. The van der Waals surface area contributed by atoms with Crippen LogP contribution in [-0.2, 0) is 10.0 Å². The van der Waals surface area contributed by atoms with Crippen LogP contribution in [-0.4, -0.2) is 27.5 Å². The second-order valence-electron chi connectivity index (χ2n) is 6.52. The van der Waals surface area contributed by atoms with E-state index in [1.165, 1.54) is 43.5 Å². The first kappa shape index (κ1) is 20.6. The maximum absolute atomic E-state index is 14.0. The maximum atomic E-state index is 14.0. The molecular formula is C19H20ClFN2O4S. The number of methoxy groups -OCH3 is 1. The fourth-order valence-electron chi connectivity index (χ4n) is 3.15. The number of benzene rings is 2. The molecule has 0 bridgehead atoms. The lowest BCUT2D eigenvalue weighted by Crippen LogP contribution is -2.33. The lowest BCUT2D eigenvalue weighted by molar-refractivity contribution is 0.102. The topological polar surface area (TPSA) is 84.5 Å². The molecule has 3 rings (SSSR count). The van der Waals surface area contributed by atoms with Gasteiger partial charge in [0.1, 0.15) is 10.6 Å². The van der Waals surface area contributed by atoms with Crippen LogP contribution in [0, 0.1) is 5.82 Å². The lowest BCUT2D eigenvalue weighted by Gasteiger charge is -2.16. The van der Waals surface area contributed by atoms with E-state index in [-0.39, 0.29) is 33.0 Å². The van der Waals surface area contributed by atoms with Gasteiger partial charge < -0.3 is 10.1 Å². The summed E-state index contributed by atoms with van der Waals surface area (Å²) in [6.07, 6.45) is 3.49. The molecule has 0 spiro atoms. The Morgan fingerprint density at radius 1 is 1.21 bits per heavy atom. The molecule has 0 saturated heterocycles. The number of sulfonamides is 1. The Morgan fingerprint density at radius 2 is 1.93 bits per heavy atom. The fraction of sp³-hybridized carbons (Fsp3) is 0.316. The minimum atomic E-state index is -3.88. The highest BCUT2D eigenvalue weighted by Gasteiger charge is 2.26. The standard InChI is InChI=1S/C19H20ClFN2O4S/c1-27-16-10-9-12(19(24)22-15-8-4-7-14(20)18(15)21)11-17(16)28(25,26)23-13-5-2-3-6-13/h4,7-11,13,23H,2-3,5-6H2,1H3,(H,22,24). The zero-order chi connectivity index (χ0) is 20.3. The molecule has 28 heavy (non-hydrogen) atoms. The van der Waals surface area contributed by atoms with Gasteiger partial charge in [-0.1, -0.05) is 30.5 Å². The van der Waals surface area contributed by atoms with Crippen molar-refractivity contribution in [2.45, 2.75) is 36.6 Å². The second kappa shape index (κ2) is 8.46. The van der Waals surface area contributed by atoms with E-state index in [2.05, 4.69) is 10.0 Å². The molecular weight excluding hydrogens is 407 g/mol. The van der Waals surface area contributed by atoms with Crippen LogP contribution in [0.2, 0.25) is 5.02 Å². The Bertz CT molecular complexity index is 991. The van der Waals surface area contributed by atoms with E-state index >= 15 is 0 Å². The summed E-state index contributed by atoms with van der Waals surface area (Å²) in [5.74, 6) is -1.31. The highest BCUT2D eigenvalue weighted by Crippen LogP contribution is 2.28. The summed E-state index contributed by atoms with van der Waals surface area (Å²) >= 11 is 5.72. The number of rotatable bonds is 6. The van der Waals surface area contributed by atoms with Crippen LogP contribution >= 0.6 is 11.6 Å². The van der Waals surface area contributed by atoms with Crippen LogP contribution in [0.5, 0.6) is 5.75 Å². The van der Waals surface area contributed by atoms with Gasteiger partial charge in [0.05, 0.1) is 17.8 Å². The van der Waals surface area contributed by atoms with E-state index in [9.17, 15) is 17.6 Å². The monoisotopic (exact) mass is 426 g/mol. The van der Waals surface area contributed by atoms with Crippen LogP contribution < -0.4 is 14.8 Å². The summed E-state index contributed by atoms with van der Waals surface area (Å²) in [6, 6.07) is 8.11. The first-order valence-electron chi connectivity index (χ1n) is 8.77. The summed E-state index contributed by atoms with van der Waals surface area (Å²) in [6.45, 7) is 0. The summed E-state index contributed by atoms with van der Waals surface area (Å²) in [5.41, 5.74) is -0.0474. The zero-order valence-corrected chi connectivity index (χ0v) is 16.7. The van der Waals surface area contributed by atoms with Gasteiger partial charge in [-0.2, -0.15) is 0 Å². The third-order valence-electron chi connectivity index (χ3n) is 4.59. The van der Waals surface area contributed by atoms with E-state index in [4.69, 9.17) is 16.3 Å². The molecule has 0 atom stereocenters. The molecule has 2 N–H and O–H groups in total. The Hall–Kier alpha value is -2.16. The average Bonchev–Trinajstić information content (AvgIpc) is 3.17. The van der Waals surface area contributed by atoms with E-state index in [1.54, 1.807) is 0 Å². The van der Waals surface area contributed by atoms with E-state index in [0.29, 0.717) is 0 Å².